The molecule has 0 spiro atoms. The number of unbranched alkanes of at least 4 members (excludes halogenated alkanes) is 23. The number of hydrogen-bond donors (Lipinski definition) is 0. The molecule has 402 valence electrons. The van der Waals surface area contributed by atoms with Gasteiger partial charge in [0.05, 0.1) is 40.3 Å². The number of esters is 2. The number of carboxylic acid groups (broad SMARTS) is 1. The van der Waals surface area contributed by atoms with E-state index in [0.29, 0.717) is 12.8 Å². The Morgan fingerprint density at radius 2 is 0.757 bits per heavy atom. The Labute approximate surface area is 431 Å². The van der Waals surface area contributed by atoms with Crippen LogP contribution in [0.2, 0.25) is 0 Å². The van der Waals surface area contributed by atoms with E-state index < -0.39 is 18.1 Å². The second-order valence-electron chi connectivity index (χ2n) is 20.1. The number of aliphatic carboxylic acids is 1. The molecule has 70 heavy (non-hydrogen) atoms. The first-order valence-corrected chi connectivity index (χ1v) is 28.6. The Morgan fingerprint density at radius 1 is 0.429 bits per heavy atom. The van der Waals surface area contributed by atoms with Crippen LogP contribution in [0.15, 0.2) is 85.1 Å². The number of carbonyl (C=O) groups excluding carboxylic acids is 3. The number of quaternary nitrogens is 1. The van der Waals surface area contributed by atoms with Crippen molar-refractivity contribution in [1.29, 1.82) is 0 Å². The summed E-state index contributed by atoms with van der Waals surface area (Å²) in [5, 5.41) is 11.7. The summed E-state index contributed by atoms with van der Waals surface area (Å²) >= 11 is 0. The number of ether oxygens (including phenoxy) is 3. The highest BCUT2D eigenvalue weighted by Gasteiger charge is 2.25. The first-order chi connectivity index (χ1) is 34.1. The highest BCUT2D eigenvalue weighted by atomic mass is 16.6. The first-order valence-electron chi connectivity index (χ1n) is 28.6. The summed E-state index contributed by atoms with van der Waals surface area (Å²) in [6, 6.07) is -0.731. The number of carboxylic acids is 1. The van der Waals surface area contributed by atoms with Crippen molar-refractivity contribution in [1.82, 2.24) is 0 Å². The third kappa shape index (κ3) is 49.5. The molecule has 8 nitrogen and oxygen atoms in total. The van der Waals surface area contributed by atoms with Crippen LogP contribution in [0, 0.1) is 0 Å². The predicted octanol–water partition coefficient (Wildman–Crippen LogP) is 15.9. The molecule has 0 N–H and O–H groups in total. The molecule has 0 aromatic carbocycles. The van der Waals surface area contributed by atoms with Crippen molar-refractivity contribution in [3.05, 3.63) is 85.1 Å². The number of likely N-dealkylation sites (N-methyl/N-ethyl adjacent to an activating group) is 1. The molecule has 0 aromatic heterocycles. The lowest BCUT2D eigenvalue weighted by atomic mass is 10.0. The van der Waals surface area contributed by atoms with Gasteiger partial charge in [-0.25, -0.2) is 0 Å². The van der Waals surface area contributed by atoms with Crippen LogP contribution in [-0.4, -0.2) is 75.5 Å². The summed E-state index contributed by atoms with van der Waals surface area (Å²) in [4.78, 5) is 37.2. The molecule has 0 saturated carbocycles. The lowest BCUT2D eigenvalue weighted by molar-refractivity contribution is -0.889. The molecule has 0 rings (SSSR count). The number of rotatable bonds is 51. The summed E-state index contributed by atoms with van der Waals surface area (Å²) in [6.45, 7) is 4.46. The molecule has 0 aliphatic rings. The quantitative estimate of drug-likeness (QED) is 0.0259. The highest BCUT2D eigenvalue weighted by molar-refractivity contribution is 5.70. The normalized spacial score (nSPS) is 13.4. The van der Waals surface area contributed by atoms with Gasteiger partial charge in [0.1, 0.15) is 12.6 Å². The van der Waals surface area contributed by atoms with Gasteiger partial charge in [-0.05, 0) is 83.5 Å². The van der Waals surface area contributed by atoms with Crippen LogP contribution in [0.1, 0.15) is 239 Å². The van der Waals surface area contributed by atoms with Crippen molar-refractivity contribution >= 4 is 17.9 Å². The van der Waals surface area contributed by atoms with E-state index in [4.69, 9.17) is 14.2 Å². The van der Waals surface area contributed by atoms with Gasteiger partial charge >= 0.3 is 11.9 Å². The standard InChI is InChI=1S/C62H107NO7/c1-6-8-10-12-14-16-18-20-22-24-26-28-30-32-34-36-38-40-42-44-46-48-50-52-60(64)69-57-58(56-68-55-54-59(62(66)67)63(3,4)5)70-61(65)53-51-49-47-45-43-41-39-37-35-33-31-29-27-25-23-21-19-17-15-13-11-9-7-2/h8-11,14-17,20-23,26,28,58-59H,6-7,12-13,18-19,24-25,27,29-57H2,1-5H3/b10-8+,11-9+,16-14+,17-15+,22-20+,23-21+,28-26+. The van der Waals surface area contributed by atoms with Gasteiger partial charge in [0, 0.05) is 19.3 Å². The molecule has 2 atom stereocenters. The fraction of sp³-hybridized carbons (Fsp3) is 0.726. The van der Waals surface area contributed by atoms with Gasteiger partial charge in [-0.2, -0.15) is 0 Å². The Kier molecular flexibility index (Phi) is 49.3. The first kappa shape index (κ1) is 66.5. The van der Waals surface area contributed by atoms with Gasteiger partial charge in [-0.3, -0.25) is 9.59 Å². The zero-order valence-corrected chi connectivity index (χ0v) is 45.9. The molecule has 0 radical (unpaired) electrons. The molecule has 0 heterocycles. The molecular weight excluding hydrogens is 871 g/mol. The molecule has 0 aromatic rings. The van der Waals surface area contributed by atoms with E-state index >= 15 is 0 Å². The van der Waals surface area contributed by atoms with Gasteiger partial charge in [-0.1, -0.05) is 221 Å². The SMILES string of the molecule is CC/C=C/C/C=C/C/C=C/C/C=C/CCCCCCCCCCCCC(=O)OCC(COCCC(C(=O)[O-])[N+](C)(C)C)OC(=O)CCCCCCCCCCCCCCC/C=C/C/C=C/C/C=C/CC. The number of hydrogen-bond acceptors (Lipinski definition) is 7. The minimum absolute atomic E-state index is 0.0367. The highest BCUT2D eigenvalue weighted by Crippen LogP contribution is 2.16. The van der Waals surface area contributed by atoms with Crippen molar-refractivity contribution in [2.45, 2.75) is 251 Å². The molecule has 0 aliphatic heterocycles. The number of nitrogens with zero attached hydrogens (tertiary/aromatic N) is 1. The van der Waals surface area contributed by atoms with E-state index in [0.717, 1.165) is 83.5 Å². The summed E-state index contributed by atoms with van der Waals surface area (Å²) < 4.78 is 17.3. The smallest absolute Gasteiger partial charge is 0.306 e. The zero-order chi connectivity index (χ0) is 51.3. The molecular formula is C62H107NO7. The lowest BCUT2D eigenvalue weighted by Crippen LogP contribution is -2.55. The van der Waals surface area contributed by atoms with Crippen LogP contribution in [0.5, 0.6) is 0 Å². The van der Waals surface area contributed by atoms with Crippen LogP contribution in [0.4, 0.5) is 0 Å². The van der Waals surface area contributed by atoms with Crippen molar-refractivity contribution in [3.8, 4) is 0 Å². The van der Waals surface area contributed by atoms with Crippen molar-refractivity contribution in [2.75, 3.05) is 41.0 Å². The average Bonchev–Trinajstić information content (AvgIpc) is 3.33. The Balaban J connectivity index is 4.17. The van der Waals surface area contributed by atoms with Crippen molar-refractivity contribution in [3.63, 3.8) is 0 Å². The van der Waals surface area contributed by atoms with Gasteiger partial charge < -0.3 is 28.6 Å². The lowest BCUT2D eigenvalue weighted by Gasteiger charge is -2.34. The van der Waals surface area contributed by atoms with E-state index in [1.807, 2.05) is 0 Å². The van der Waals surface area contributed by atoms with E-state index in [9.17, 15) is 19.5 Å². The third-order valence-corrected chi connectivity index (χ3v) is 12.5. The van der Waals surface area contributed by atoms with Crippen LogP contribution in [0.25, 0.3) is 0 Å². The topological polar surface area (TPSA) is 102 Å². The van der Waals surface area contributed by atoms with E-state index in [1.54, 1.807) is 21.1 Å². The minimum Gasteiger partial charge on any atom is -0.544 e. The Hall–Kier alpha value is -3.49. The third-order valence-electron chi connectivity index (χ3n) is 12.5. The van der Waals surface area contributed by atoms with E-state index in [-0.39, 0.29) is 42.7 Å². The van der Waals surface area contributed by atoms with Crippen molar-refractivity contribution in [2.24, 2.45) is 0 Å². The largest absolute Gasteiger partial charge is 0.544 e. The summed E-state index contributed by atoms with van der Waals surface area (Å²) in [5.74, 6) is -1.74. The molecule has 0 saturated heterocycles. The minimum atomic E-state index is -1.13. The number of carbonyl (C=O) groups is 3. The number of allylic oxidation sites excluding steroid dienone is 14. The van der Waals surface area contributed by atoms with E-state index in [1.165, 1.54) is 122 Å². The molecule has 0 bridgehead atoms. The van der Waals surface area contributed by atoms with Crippen LogP contribution in [0.3, 0.4) is 0 Å². The second-order valence-corrected chi connectivity index (χ2v) is 20.1. The van der Waals surface area contributed by atoms with Gasteiger partial charge in [0.15, 0.2) is 6.10 Å². The fourth-order valence-electron chi connectivity index (χ4n) is 8.20. The van der Waals surface area contributed by atoms with Gasteiger partial charge in [0.25, 0.3) is 0 Å². The van der Waals surface area contributed by atoms with Gasteiger partial charge in [0.2, 0.25) is 0 Å². The van der Waals surface area contributed by atoms with Crippen LogP contribution < -0.4 is 5.11 Å². The fourth-order valence-corrected chi connectivity index (χ4v) is 8.20. The monoisotopic (exact) mass is 978 g/mol. The Morgan fingerprint density at radius 3 is 1.11 bits per heavy atom. The Bertz CT molecular complexity index is 1420. The maximum absolute atomic E-state index is 12.8. The zero-order valence-electron chi connectivity index (χ0n) is 45.9. The van der Waals surface area contributed by atoms with Crippen molar-refractivity contribution < 1.29 is 38.2 Å². The maximum atomic E-state index is 12.8. The average molecular weight is 979 g/mol. The maximum Gasteiger partial charge on any atom is 0.306 e. The molecule has 0 amide bonds. The van der Waals surface area contributed by atoms with Crippen LogP contribution >= 0.6 is 0 Å². The van der Waals surface area contributed by atoms with E-state index in [2.05, 4.69) is 98.9 Å². The summed E-state index contributed by atoms with van der Waals surface area (Å²) in [6.07, 6.45) is 69.1. The van der Waals surface area contributed by atoms with Crippen LogP contribution in [-0.2, 0) is 28.6 Å². The molecule has 0 aliphatic carbocycles. The predicted molar refractivity (Wildman–Crippen MR) is 295 cm³/mol. The molecule has 8 heteroatoms. The summed E-state index contributed by atoms with van der Waals surface area (Å²) in [7, 11) is 5.42. The summed E-state index contributed by atoms with van der Waals surface area (Å²) in [5.41, 5.74) is 0. The van der Waals surface area contributed by atoms with Gasteiger partial charge in [-0.15, -0.1) is 0 Å². The second kappa shape index (κ2) is 51.9. The molecule has 0 fully saturated rings. The molecule has 2 unspecified atom stereocenters.